The van der Waals surface area contributed by atoms with E-state index < -0.39 is 11.8 Å². The van der Waals surface area contributed by atoms with Gasteiger partial charge in [-0.15, -0.1) is 11.8 Å². The minimum absolute atomic E-state index is 0.280. The summed E-state index contributed by atoms with van der Waals surface area (Å²) in [6.45, 7) is 1.85. The molecule has 6 nitrogen and oxygen atoms in total. The number of halogens is 1. The molecule has 2 amide bonds. The van der Waals surface area contributed by atoms with Gasteiger partial charge in [-0.3, -0.25) is 20.4 Å². The third kappa shape index (κ3) is 4.90. The second-order valence-electron chi connectivity index (χ2n) is 5.61. The first-order valence-electron chi connectivity index (χ1n) is 8.04. The Balaban J connectivity index is 1.64. The van der Waals surface area contributed by atoms with Crippen LogP contribution in [-0.4, -0.2) is 17.0 Å². The summed E-state index contributed by atoms with van der Waals surface area (Å²) in [6.07, 6.45) is 0. The van der Waals surface area contributed by atoms with E-state index in [0.29, 0.717) is 16.3 Å². The molecule has 8 heteroatoms. The second-order valence-corrected chi connectivity index (χ2v) is 7.03. The van der Waals surface area contributed by atoms with Gasteiger partial charge in [-0.25, -0.2) is 0 Å². The molecule has 0 aliphatic carbocycles. The van der Waals surface area contributed by atoms with E-state index in [0.717, 1.165) is 16.3 Å². The Labute approximate surface area is 165 Å². The van der Waals surface area contributed by atoms with E-state index in [2.05, 4.69) is 16.0 Å². The number of hydrazine groups is 1. The summed E-state index contributed by atoms with van der Waals surface area (Å²) >= 11 is 7.43. The second kappa shape index (κ2) is 8.75. The highest BCUT2D eigenvalue weighted by molar-refractivity contribution is 7.98. The van der Waals surface area contributed by atoms with Crippen LogP contribution in [0, 0.1) is 6.92 Å². The number of hydrogen-bond donors (Lipinski definition) is 2. The van der Waals surface area contributed by atoms with Crippen molar-refractivity contribution in [2.75, 3.05) is 0 Å². The van der Waals surface area contributed by atoms with Crippen molar-refractivity contribution in [2.24, 2.45) is 0 Å². The zero-order chi connectivity index (χ0) is 19.2. The van der Waals surface area contributed by atoms with Crippen molar-refractivity contribution in [2.45, 2.75) is 17.6 Å². The number of thioether (sulfide) groups is 1. The first-order chi connectivity index (χ1) is 13.0. The monoisotopic (exact) mass is 401 g/mol. The molecule has 0 unspecified atom stereocenters. The van der Waals surface area contributed by atoms with Crippen molar-refractivity contribution in [1.82, 2.24) is 16.0 Å². The van der Waals surface area contributed by atoms with Crippen LogP contribution in [0.2, 0.25) is 5.02 Å². The van der Waals surface area contributed by atoms with E-state index in [1.165, 1.54) is 11.8 Å². The Morgan fingerprint density at radius 1 is 1.04 bits per heavy atom. The van der Waals surface area contributed by atoms with Crippen molar-refractivity contribution < 1.29 is 14.1 Å². The molecule has 1 aromatic heterocycles. The molecule has 2 N–H and O–H groups in total. The molecule has 27 heavy (non-hydrogen) atoms. The van der Waals surface area contributed by atoms with Crippen LogP contribution in [0.3, 0.4) is 0 Å². The molecule has 0 aliphatic rings. The molecule has 0 radical (unpaired) electrons. The minimum atomic E-state index is -0.490. The van der Waals surface area contributed by atoms with Crippen LogP contribution in [0.1, 0.15) is 32.2 Å². The Kier molecular flexibility index (Phi) is 6.16. The van der Waals surface area contributed by atoms with Gasteiger partial charge in [-0.2, -0.15) is 0 Å². The maximum absolute atomic E-state index is 12.5. The largest absolute Gasteiger partial charge is 0.360 e. The lowest BCUT2D eigenvalue weighted by atomic mass is 10.2. The van der Waals surface area contributed by atoms with E-state index in [1.54, 1.807) is 36.4 Å². The molecule has 0 saturated heterocycles. The van der Waals surface area contributed by atoms with E-state index >= 15 is 0 Å². The fraction of sp³-hybridized carbons (Fsp3) is 0.105. The van der Waals surface area contributed by atoms with Crippen LogP contribution in [0.25, 0.3) is 0 Å². The van der Waals surface area contributed by atoms with Gasteiger partial charge in [-0.1, -0.05) is 41.0 Å². The lowest BCUT2D eigenvalue weighted by Crippen LogP contribution is -2.41. The van der Waals surface area contributed by atoms with Crippen LogP contribution < -0.4 is 10.9 Å². The third-order valence-corrected chi connectivity index (χ3v) is 5.01. The Bertz CT molecular complexity index is 974. The third-order valence-electron chi connectivity index (χ3n) is 3.59. The van der Waals surface area contributed by atoms with Gasteiger partial charge < -0.3 is 4.52 Å². The summed E-state index contributed by atoms with van der Waals surface area (Å²) in [5.41, 5.74) is 6.33. The molecule has 0 atom stereocenters. The van der Waals surface area contributed by atoms with Crippen molar-refractivity contribution in [3.8, 4) is 0 Å². The van der Waals surface area contributed by atoms with Gasteiger partial charge in [-0.05, 0) is 31.2 Å². The molecular weight excluding hydrogens is 386 g/mol. The van der Waals surface area contributed by atoms with Crippen LogP contribution in [0.4, 0.5) is 0 Å². The predicted octanol–water partition coefficient (Wildman–Crippen LogP) is 4.00. The summed E-state index contributed by atoms with van der Waals surface area (Å²) in [6, 6.07) is 15.6. The number of nitrogens with one attached hydrogen (secondary N) is 2. The van der Waals surface area contributed by atoms with Gasteiger partial charge >= 0.3 is 0 Å². The zero-order valence-corrected chi connectivity index (χ0v) is 15.9. The normalized spacial score (nSPS) is 10.4. The van der Waals surface area contributed by atoms with Gasteiger partial charge in [0.15, 0.2) is 0 Å². The SMILES string of the molecule is Cc1cc(CSc2ccccc2C(=O)NNC(=O)c2ccccc2Cl)on1. The number of amides is 2. The average molecular weight is 402 g/mol. The summed E-state index contributed by atoms with van der Waals surface area (Å²) in [5.74, 6) is 0.347. The predicted molar refractivity (Wildman–Crippen MR) is 104 cm³/mol. The fourth-order valence-electron chi connectivity index (χ4n) is 2.31. The number of aromatic nitrogens is 1. The smallest absolute Gasteiger partial charge is 0.271 e. The summed E-state index contributed by atoms with van der Waals surface area (Å²) < 4.78 is 5.18. The van der Waals surface area contributed by atoms with Crippen LogP contribution in [0.5, 0.6) is 0 Å². The number of carbonyl (C=O) groups is 2. The maximum atomic E-state index is 12.5. The van der Waals surface area contributed by atoms with Gasteiger partial charge in [0, 0.05) is 11.0 Å². The van der Waals surface area contributed by atoms with Gasteiger partial charge in [0.05, 0.1) is 27.6 Å². The molecule has 0 spiro atoms. The Morgan fingerprint density at radius 3 is 2.33 bits per heavy atom. The van der Waals surface area contributed by atoms with Crippen molar-refractivity contribution in [1.29, 1.82) is 0 Å². The molecule has 138 valence electrons. The number of benzene rings is 2. The first kappa shape index (κ1) is 19.0. The Morgan fingerprint density at radius 2 is 1.67 bits per heavy atom. The van der Waals surface area contributed by atoms with Crippen molar-refractivity contribution in [3.63, 3.8) is 0 Å². The minimum Gasteiger partial charge on any atom is -0.360 e. The van der Waals surface area contributed by atoms with E-state index in [4.69, 9.17) is 16.1 Å². The van der Waals surface area contributed by atoms with Crippen molar-refractivity contribution in [3.05, 3.63) is 82.2 Å². The van der Waals surface area contributed by atoms with E-state index in [-0.39, 0.29) is 5.56 Å². The number of aryl methyl sites for hydroxylation is 1. The molecule has 2 aromatic carbocycles. The van der Waals surface area contributed by atoms with Crippen LogP contribution in [-0.2, 0) is 5.75 Å². The van der Waals surface area contributed by atoms with Gasteiger partial charge in [0.1, 0.15) is 5.76 Å². The van der Waals surface area contributed by atoms with Gasteiger partial charge in [0.2, 0.25) is 0 Å². The zero-order valence-electron chi connectivity index (χ0n) is 14.4. The quantitative estimate of drug-likeness (QED) is 0.498. The highest BCUT2D eigenvalue weighted by Crippen LogP contribution is 2.26. The molecule has 1 heterocycles. The first-order valence-corrected chi connectivity index (χ1v) is 9.40. The molecule has 0 saturated carbocycles. The Hall–Kier alpha value is -2.77. The number of hydrogen-bond acceptors (Lipinski definition) is 5. The molecule has 0 fully saturated rings. The fourth-order valence-corrected chi connectivity index (χ4v) is 3.45. The number of rotatable bonds is 5. The molecular formula is C19H16ClN3O3S. The molecule has 3 rings (SSSR count). The molecule has 3 aromatic rings. The average Bonchev–Trinajstić information content (AvgIpc) is 3.10. The highest BCUT2D eigenvalue weighted by atomic mass is 35.5. The lowest BCUT2D eigenvalue weighted by Gasteiger charge is -2.11. The van der Waals surface area contributed by atoms with E-state index in [9.17, 15) is 9.59 Å². The number of nitrogens with zero attached hydrogens (tertiary/aromatic N) is 1. The molecule has 0 bridgehead atoms. The van der Waals surface area contributed by atoms with Gasteiger partial charge in [0.25, 0.3) is 11.8 Å². The standard InChI is InChI=1S/C19H16ClN3O3S/c1-12-10-13(26-23-12)11-27-17-9-5-3-7-15(17)19(25)22-21-18(24)14-6-2-4-8-16(14)20/h2-10H,11H2,1H3,(H,21,24)(H,22,25). The summed E-state index contributed by atoms with van der Waals surface area (Å²) in [5, 5.41) is 4.15. The van der Waals surface area contributed by atoms with E-state index in [1.807, 2.05) is 25.1 Å². The maximum Gasteiger partial charge on any atom is 0.271 e. The molecule has 0 aliphatic heterocycles. The van der Waals surface area contributed by atoms with Crippen molar-refractivity contribution >= 4 is 35.2 Å². The summed E-state index contributed by atoms with van der Waals surface area (Å²) in [4.78, 5) is 25.4. The van der Waals surface area contributed by atoms with Crippen LogP contribution in [0.15, 0.2) is 64.0 Å². The topological polar surface area (TPSA) is 84.2 Å². The van der Waals surface area contributed by atoms with Crippen LogP contribution >= 0.6 is 23.4 Å². The summed E-state index contributed by atoms with van der Waals surface area (Å²) in [7, 11) is 0. The lowest BCUT2D eigenvalue weighted by molar-refractivity contribution is 0.0845. The number of carbonyl (C=O) groups excluding carboxylic acids is 2. The highest BCUT2D eigenvalue weighted by Gasteiger charge is 2.15.